The molecule has 16 heavy (non-hydrogen) atoms. The zero-order valence-electron chi connectivity index (χ0n) is 8.49. The molecule has 1 aromatic carbocycles. The summed E-state index contributed by atoms with van der Waals surface area (Å²) in [5.74, 6) is -0.0880. The molecule has 0 saturated heterocycles. The molecule has 1 aliphatic carbocycles. The Morgan fingerprint density at radius 3 is 2.56 bits per heavy atom. The molecule has 2 nitrogen and oxygen atoms in total. The molecule has 0 spiro atoms. The van der Waals surface area contributed by atoms with Crippen LogP contribution in [0.2, 0.25) is 10.0 Å². The molecular weight excluding hydrogens is 245 g/mol. The molecule has 2 atom stereocenters. The summed E-state index contributed by atoms with van der Waals surface area (Å²) in [7, 11) is 0. The number of hydrogen-bond donors (Lipinski definition) is 1. The summed E-state index contributed by atoms with van der Waals surface area (Å²) in [6, 6.07) is 4.91. The van der Waals surface area contributed by atoms with Gasteiger partial charge in [-0.05, 0) is 24.6 Å². The van der Waals surface area contributed by atoms with Crippen LogP contribution in [0.5, 0.6) is 0 Å². The van der Waals surface area contributed by atoms with E-state index in [-0.39, 0.29) is 17.7 Å². The number of benzene rings is 1. The molecule has 1 aliphatic rings. The van der Waals surface area contributed by atoms with Gasteiger partial charge >= 0.3 is 0 Å². The maximum absolute atomic E-state index is 12.0. The lowest BCUT2D eigenvalue weighted by molar-refractivity contribution is 0.0943. The monoisotopic (exact) mass is 255 g/mol. The van der Waals surface area contributed by atoms with Crippen molar-refractivity contribution < 1.29 is 4.79 Å². The van der Waals surface area contributed by atoms with E-state index in [0.29, 0.717) is 22.0 Å². The van der Waals surface area contributed by atoms with Crippen molar-refractivity contribution in [2.24, 2.45) is 11.7 Å². The molecule has 4 heteroatoms. The Morgan fingerprint density at radius 1 is 1.25 bits per heavy atom. The number of allylic oxidation sites excluding steroid dienone is 1. The number of ketones is 1. The molecule has 1 aromatic rings. The molecular formula is C12H11Cl2NO. The highest BCUT2D eigenvalue weighted by Gasteiger charge is 2.23. The topological polar surface area (TPSA) is 43.1 Å². The van der Waals surface area contributed by atoms with E-state index in [1.807, 2.05) is 12.2 Å². The highest BCUT2D eigenvalue weighted by molar-refractivity contribution is 6.42. The number of halogens is 2. The largest absolute Gasteiger partial charge is 0.324 e. The lowest BCUT2D eigenvalue weighted by Gasteiger charge is -2.08. The summed E-state index contributed by atoms with van der Waals surface area (Å²) < 4.78 is 0. The minimum atomic E-state index is -0.132. The van der Waals surface area contributed by atoms with Gasteiger partial charge in [0.25, 0.3) is 0 Å². The Morgan fingerprint density at radius 2 is 2.00 bits per heavy atom. The molecule has 0 aliphatic heterocycles. The van der Waals surface area contributed by atoms with Gasteiger partial charge in [0.15, 0.2) is 5.78 Å². The number of carbonyl (C=O) groups excluding carboxylic acids is 1. The van der Waals surface area contributed by atoms with Crippen molar-refractivity contribution in [3.05, 3.63) is 46.0 Å². The van der Waals surface area contributed by atoms with Gasteiger partial charge in [0.1, 0.15) is 0 Å². The molecule has 0 heterocycles. The van der Waals surface area contributed by atoms with Crippen LogP contribution in [-0.2, 0) is 0 Å². The first-order chi connectivity index (χ1) is 7.58. The minimum Gasteiger partial charge on any atom is -0.324 e. The van der Waals surface area contributed by atoms with E-state index in [1.165, 1.54) is 0 Å². The number of carbonyl (C=O) groups is 1. The Labute approximate surface area is 104 Å². The summed E-state index contributed by atoms with van der Waals surface area (Å²) in [5, 5.41) is 0.857. The first kappa shape index (κ1) is 11.6. The average Bonchev–Trinajstić information content (AvgIpc) is 2.68. The van der Waals surface area contributed by atoms with Gasteiger partial charge in [-0.15, -0.1) is 0 Å². The fourth-order valence-corrected chi connectivity index (χ4v) is 2.08. The molecule has 2 N–H and O–H groups in total. The molecule has 0 aromatic heterocycles. The Kier molecular flexibility index (Phi) is 3.33. The van der Waals surface area contributed by atoms with Crippen molar-refractivity contribution in [1.29, 1.82) is 0 Å². The van der Waals surface area contributed by atoms with Crippen LogP contribution in [-0.4, -0.2) is 11.8 Å². The van der Waals surface area contributed by atoms with Crippen molar-refractivity contribution >= 4 is 29.0 Å². The maximum Gasteiger partial charge on any atom is 0.169 e. The van der Waals surface area contributed by atoms with Gasteiger partial charge in [0, 0.05) is 17.5 Å². The lowest BCUT2D eigenvalue weighted by Crippen LogP contribution is -2.19. The predicted octanol–water partition coefficient (Wildman–Crippen LogP) is 3.08. The van der Waals surface area contributed by atoms with Gasteiger partial charge in [-0.25, -0.2) is 0 Å². The molecule has 0 fully saturated rings. The first-order valence-corrected chi connectivity index (χ1v) is 5.76. The van der Waals surface area contributed by atoms with Crippen LogP contribution in [0.15, 0.2) is 30.4 Å². The van der Waals surface area contributed by atoms with Gasteiger partial charge in [-0.3, -0.25) is 4.79 Å². The molecule has 2 unspecified atom stereocenters. The molecule has 0 radical (unpaired) electrons. The van der Waals surface area contributed by atoms with E-state index < -0.39 is 0 Å². The SMILES string of the molecule is NC1C=CC(C(=O)c2ccc(Cl)c(Cl)c2)C1. The molecule has 0 bridgehead atoms. The standard InChI is InChI=1S/C12H11Cl2NO/c13-10-4-2-8(6-11(10)14)12(16)7-1-3-9(15)5-7/h1-4,6-7,9H,5,15H2. The smallest absolute Gasteiger partial charge is 0.169 e. The van der Waals surface area contributed by atoms with Crippen molar-refractivity contribution in [1.82, 2.24) is 0 Å². The number of nitrogens with two attached hydrogens (primary N) is 1. The van der Waals surface area contributed by atoms with Gasteiger partial charge in [-0.1, -0.05) is 35.4 Å². The van der Waals surface area contributed by atoms with Crippen LogP contribution in [0.25, 0.3) is 0 Å². The first-order valence-electron chi connectivity index (χ1n) is 5.01. The second kappa shape index (κ2) is 4.58. The van der Waals surface area contributed by atoms with Crippen LogP contribution in [0.4, 0.5) is 0 Å². The number of rotatable bonds is 2. The fourth-order valence-electron chi connectivity index (χ4n) is 1.79. The quantitative estimate of drug-likeness (QED) is 0.652. The Bertz CT molecular complexity index is 456. The Balaban J connectivity index is 2.21. The van der Waals surface area contributed by atoms with Crippen LogP contribution in [0, 0.1) is 5.92 Å². The third-order valence-electron chi connectivity index (χ3n) is 2.66. The highest BCUT2D eigenvalue weighted by atomic mass is 35.5. The Hall–Kier alpha value is -0.830. The van der Waals surface area contributed by atoms with E-state index in [2.05, 4.69) is 0 Å². The van der Waals surface area contributed by atoms with E-state index >= 15 is 0 Å². The van der Waals surface area contributed by atoms with E-state index in [0.717, 1.165) is 0 Å². The van der Waals surface area contributed by atoms with Crippen molar-refractivity contribution in [3.63, 3.8) is 0 Å². The van der Waals surface area contributed by atoms with Gasteiger partial charge in [-0.2, -0.15) is 0 Å². The minimum absolute atomic E-state index is 0.0169. The van der Waals surface area contributed by atoms with Gasteiger partial charge in [0.05, 0.1) is 10.0 Å². The van der Waals surface area contributed by atoms with Gasteiger partial charge in [0.2, 0.25) is 0 Å². The summed E-state index contributed by atoms with van der Waals surface area (Å²) in [4.78, 5) is 12.0. The van der Waals surface area contributed by atoms with Crippen LogP contribution in [0.3, 0.4) is 0 Å². The third kappa shape index (κ3) is 2.29. The summed E-state index contributed by atoms with van der Waals surface area (Å²) >= 11 is 11.7. The summed E-state index contributed by atoms with van der Waals surface area (Å²) in [6.07, 6.45) is 4.38. The second-order valence-corrected chi connectivity index (χ2v) is 4.70. The zero-order valence-corrected chi connectivity index (χ0v) is 10.0. The third-order valence-corrected chi connectivity index (χ3v) is 3.40. The number of hydrogen-bond acceptors (Lipinski definition) is 2. The fraction of sp³-hybridized carbons (Fsp3) is 0.250. The highest BCUT2D eigenvalue weighted by Crippen LogP contribution is 2.26. The normalized spacial score (nSPS) is 23.7. The zero-order chi connectivity index (χ0) is 11.7. The molecule has 0 saturated carbocycles. The van der Waals surface area contributed by atoms with Crippen molar-refractivity contribution in [3.8, 4) is 0 Å². The lowest BCUT2D eigenvalue weighted by atomic mass is 9.96. The molecule has 2 rings (SSSR count). The van der Waals surface area contributed by atoms with Crippen LogP contribution >= 0.6 is 23.2 Å². The van der Waals surface area contributed by atoms with Crippen LogP contribution < -0.4 is 5.73 Å². The predicted molar refractivity (Wildman–Crippen MR) is 66.0 cm³/mol. The van der Waals surface area contributed by atoms with E-state index in [9.17, 15) is 4.79 Å². The molecule has 0 amide bonds. The second-order valence-electron chi connectivity index (χ2n) is 3.88. The van der Waals surface area contributed by atoms with E-state index in [1.54, 1.807) is 18.2 Å². The van der Waals surface area contributed by atoms with Crippen molar-refractivity contribution in [2.45, 2.75) is 12.5 Å². The van der Waals surface area contributed by atoms with Crippen LogP contribution in [0.1, 0.15) is 16.8 Å². The summed E-state index contributed by atoms with van der Waals surface area (Å²) in [6.45, 7) is 0. The molecule has 84 valence electrons. The van der Waals surface area contributed by atoms with E-state index in [4.69, 9.17) is 28.9 Å². The number of Topliss-reactive ketones (excluding diaryl/α,β-unsaturated/α-hetero) is 1. The maximum atomic E-state index is 12.0. The summed E-state index contributed by atoms with van der Waals surface area (Å²) in [5.41, 5.74) is 6.29. The average molecular weight is 256 g/mol. The van der Waals surface area contributed by atoms with Gasteiger partial charge < -0.3 is 5.73 Å². The van der Waals surface area contributed by atoms with Crippen molar-refractivity contribution in [2.75, 3.05) is 0 Å².